The number of nitrogens with one attached hydrogen (secondary N) is 1. The molecule has 1 heterocycles. The molecule has 3 rings (SSSR count). The van der Waals surface area contributed by atoms with E-state index in [9.17, 15) is 4.79 Å². The lowest BCUT2D eigenvalue weighted by Crippen LogP contribution is -2.36. The van der Waals surface area contributed by atoms with Gasteiger partial charge in [0, 0.05) is 49.3 Å². The Balaban J connectivity index is 1.69. The Morgan fingerprint density at radius 2 is 1.85 bits per heavy atom. The number of hydrogen-bond acceptors (Lipinski definition) is 4. The van der Waals surface area contributed by atoms with Crippen LogP contribution in [-0.4, -0.2) is 45.8 Å². The van der Waals surface area contributed by atoms with E-state index in [1.54, 1.807) is 0 Å². The first kappa shape index (κ1) is 18.3. The molecule has 5 nitrogen and oxygen atoms in total. The van der Waals surface area contributed by atoms with Crippen LogP contribution in [0.15, 0.2) is 42.5 Å². The molecular weight excluding hydrogens is 326 g/mol. The average Bonchev–Trinajstić information content (AvgIpc) is 2.69. The van der Waals surface area contributed by atoms with Gasteiger partial charge in [-0.1, -0.05) is 0 Å². The van der Waals surface area contributed by atoms with E-state index in [0.717, 1.165) is 49.8 Å². The number of aryl methyl sites for hydroxylation is 1. The van der Waals surface area contributed by atoms with Crippen LogP contribution in [0.25, 0.3) is 0 Å². The number of carbonyl (C=O) groups is 1. The highest BCUT2D eigenvalue weighted by molar-refractivity contribution is 6.04. The van der Waals surface area contributed by atoms with Gasteiger partial charge in [-0.3, -0.25) is 4.79 Å². The van der Waals surface area contributed by atoms with Crippen LogP contribution in [0.4, 0.5) is 17.1 Å². The highest BCUT2D eigenvalue weighted by Crippen LogP contribution is 2.24. The summed E-state index contributed by atoms with van der Waals surface area (Å²) in [5.74, 6) is -0.0853. The van der Waals surface area contributed by atoms with Gasteiger partial charge in [-0.05, 0) is 61.9 Å². The molecule has 0 aromatic heterocycles. The second-order valence-electron chi connectivity index (χ2n) is 6.61. The van der Waals surface area contributed by atoms with Crippen LogP contribution in [0, 0.1) is 6.92 Å². The predicted molar refractivity (Wildman–Crippen MR) is 108 cm³/mol. The number of benzene rings is 2. The van der Waals surface area contributed by atoms with Crippen LogP contribution in [0.3, 0.4) is 0 Å². The lowest BCUT2D eigenvalue weighted by atomic mass is 10.1. The maximum atomic E-state index is 12.6. The summed E-state index contributed by atoms with van der Waals surface area (Å²) in [4.78, 5) is 17.0. The molecule has 0 radical (unpaired) electrons. The molecule has 0 aliphatic carbocycles. The first-order valence-corrected chi connectivity index (χ1v) is 9.14. The molecule has 1 amide bonds. The quantitative estimate of drug-likeness (QED) is 0.893. The molecule has 1 aliphatic heterocycles. The highest BCUT2D eigenvalue weighted by atomic mass is 16.5. The van der Waals surface area contributed by atoms with Crippen molar-refractivity contribution in [3.63, 3.8) is 0 Å². The predicted octanol–water partition coefficient (Wildman–Crippen LogP) is 3.54. The Bertz CT molecular complexity index is 752. The fourth-order valence-electron chi connectivity index (χ4n) is 3.05. The highest BCUT2D eigenvalue weighted by Gasteiger charge is 2.13. The largest absolute Gasteiger partial charge is 0.378 e. The van der Waals surface area contributed by atoms with E-state index in [-0.39, 0.29) is 5.91 Å². The molecule has 0 unspecified atom stereocenters. The standard InChI is InChI=1S/C21H27N3O2/c1-4-23(3)18-7-5-17(6-8-18)21(25)22-20-10-9-19(15-16(20)2)24-11-13-26-14-12-24/h5-10,15H,4,11-14H2,1-3H3,(H,22,25). The monoisotopic (exact) mass is 353 g/mol. The zero-order valence-corrected chi connectivity index (χ0v) is 15.8. The number of nitrogens with zero attached hydrogens (tertiary/aromatic N) is 2. The van der Waals surface area contributed by atoms with Gasteiger partial charge in [-0.25, -0.2) is 0 Å². The normalized spacial score (nSPS) is 14.2. The minimum atomic E-state index is -0.0853. The number of morpholine rings is 1. The molecule has 26 heavy (non-hydrogen) atoms. The van der Waals surface area contributed by atoms with Gasteiger partial charge in [-0.15, -0.1) is 0 Å². The van der Waals surface area contributed by atoms with Crippen LogP contribution in [-0.2, 0) is 4.74 Å². The fourth-order valence-corrected chi connectivity index (χ4v) is 3.05. The summed E-state index contributed by atoms with van der Waals surface area (Å²) in [7, 11) is 2.04. The van der Waals surface area contributed by atoms with Crippen LogP contribution in [0.2, 0.25) is 0 Å². The molecule has 1 aliphatic rings. The van der Waals surface area contributed by atoms with Crippen LogP contribution in [0.5, 0.6) is 0 Å². The number of amides is 1. The third-order valence-corrected chi connectivity index (χ3v) is 4.88. The van der Waals surface area contributed by atoms with Gasteiger partial charge in [0.1, 0.15) is 0 Å². The Morgan fingerprint density at radius 1 is 1.15 bits per heavy atom. The fraction of sp³-hybridized carbons (Fsp3) is 0.381. The van der Waals surface area contributed by atoms with Gasteiger partial charge in [0.15, 0.2) is 0 Å². The number of hydrogen-bond donors (Lipinski definition) is 1. The smallest absolute Gasteiger partial charge is 0.255 e. The first-order chi connectivity index (χ1) is 12.6. The minimum Gasteiger partial charge on any atom is -0.378 e. The van der Waals surface area contributed by atoms with Crippen molar-refractivity contribution in [1.29, 1.82) is 0 Å². The average molecular weight is 353 g/mol. The van der Waals surface area contributed by atoms with Gasteiger partial charge >= 0.3 is 0 Å². The molecule has 0 spiro atoms. The molecule has 1 N–H and O–H groups in total. The van der Waals surface area contributed by atoms with E-state index in [1.807, 2.05) is 44.3 Å². The van der Waals surface area contributed by atoms with E-state index in [2.05, 4.69) is 34.2 Å². The Kier molecular flexibility index (Phi) is 5.78. The summed E-state index contributed by atoms with van der Waals surface area (Å²) in [5, 5.41) is 3.02. The molecular formula is C21H27N3O2. The van der Waals surface area contributed by atoms with Crippen LogP contribution >= 0.6 is 0 Å². The van der Waals surface area contributed by atoms with E-state index in [4.69, 9.17) is 4.74 Å². The third-order valence-electron chi connectivity index (χ3n) is 4.88. The number of anilines is 3. The van der Waals surface area contributed by atoms with E-state index >= 15 is 0 Å². The molecule has 0 saturated carbocycles. The maximum Gasteiger partial charge on any atom is 0.255 e. The Labute approximate surface area is 155 Å². The van der Waals surface area contributed by atoms with E-state index < -0.39 is 0 Å². The maximum absolute atomic E-state index is 12.6. The van der Waals surface area contributed by atoms with Crippen molar-refractivity contribution in [3.05, 3.63) is 53.6 Å². The summed E-state index contributed by atoms with van der Waals surface area (Å²) >= 11 is 0. The van der Waals surface area contributed by atoms with Crippen molar-refractivity contribution < 1.29 is 9.53 Å². The van der Waals surface area contributed by atoms with Gasteiger partial charge in [-0.2, -0.15) is 0 Å². The first-order valence-electron chi connectivity index (χ1n) is 9.14. The Morgan fingerprint density at radius 3 is 2.46 bits per heavy atom. The summed E-state index contributed by atoms with van der Waals surface area (Å²) in [6.45, 7) is 8.40. The SMILES string of the molecule is CCN(C)c1ccc(C(=O)Nc2ccc(N3CCOCC3)cc2C)cc1. The summed E-state index contributed by atoms with van der Waals surface area (Å²) in [5.41, 5.74) is 4.85. The number of carbonyl (C=O) groups excluding carboxylic acids is 1. The second kappa shape index (κ2) is 8.23. The van der Waals surface area contributed by atoms with Crippen LogP contribution < -0.4 is 15.1 Å². The Hall–Kier alpha value is -2.53. The molecule has 0 atom stereocenters. The summed E-state index contributed by atoms with van der Waals surface area (Å²) in [6, 6.07) is 13.9. The molecule has 138 valence electrons. The van der Waals surface area contributed by atoms with Crippen molar-refractivity contribution >= 4 is 23.0 Å². The van der Waals surface area contributed by atoms with Crippen molar-refractivity contribution in [2.45, 2.75) is 13.8 Å². The van der Waals surface area contributed by atoms with Gasteiger partial charge in [0.2, 0.25) is 0 Å². The van der Waals surface area contributed by atoms with Crippen molar-refractivity contribution in [2.75, 3.05) is 55.0 Å². The molecule has 5 heteroatoms. The molecule has 0 bridgehead atoms. The van der Waals surface area contributed by atoms with Gasteiger partial charge in [0.25, 0.3) is 5.91 Å². The lowest BCUT2D eigenvalue weighted by Gasteiger charge is -2.29. The summed E-state index contributed by atoms with van der Waals surface area (Å²) in [6.07, 6.45) is 0. The van der Waals surface area contributed by atoms with Crippen LogP contribution in [0.1, 0.15) is 22.8 Å². The lowest BCUT2D eigenvalue weighted by molar-refractivity contribution is 0.102. The molecule has 1 saturated heterocycles. The van der Waals surface area contributed by atoms with E-state index in [1.165, 1.54) is 5.69 Å². The van der Waals surface area contributed by atoms with Gasteiger partial charge < -0.3 is 19.9 Å². The summed E-state index contributed by atoms with van der Waals surface area (Å²) < 4.78 is 5.41. The van der Waals surface area contributed by atoms with Crippen molar-refractivity contribution in [2.24, 2.45) is 0 Å². The number of ether oxygens (including phenoxy) is 1. The molecule has 2 aromatic carbocycles. The van der Waals surface area contributed by atoms with E-state index in [0.29, 0.717) is 5.56 Å². The molecule has 1 fully saturated rings. The topological polar surface area (TPSA) is 44.8 Å². The van der Waals surface area contributed by atoms with Gasteiger partial charge in [0.05, 0.1) is 13.2 Å². The number of rotatable bonds is 5. The minimum absolute atomic E-state index is 0.0853. The van der Waals surface area contributed by atoms with Crippen molar-refractivity contribution in [1.82, 2.24) is 0 Å². The zero-order valence-electron chi connectivity index (χ0n) is 15.8. The van der Waals surface area contributed by atoms with Crippen molar-refractivity contribution in [3.8, 4) is 0 Å². The molecule has 2 aromatic rings. The third kappa shape index (κ3) is 4.17. The zero-order chi connectivity index (χ0) is 18.5. The second-order valence-corrected chi connectivity index (χ2v) is 6.61.